The number of aliphatic hydroxyl groups excluding tert-OH is 2. The number of methoxy groups -OCH3 is 1. The number of nitrogen functional groups attached to an aromatic ring is 1. The molecule has 4 rings (SSSR count). The van der Waals surface area contributed by atoms with Crippen LogP contribution in [-0.2, 0) is 39.1 Å². The Bertz CT molecular complexity index is 1490. The molecule has 1 aromatic carbocycles. The van der Waals surface area contributed by atoms with Crippen molar-refractivity contribution in [2.75, 3.05) is 26.1 Å². The van der Waals surface area contributed by atoms with Crippen LogP contribution in [0.2, 0.25) is 0 Å². The molecule has 1 aliphatic rings. The summed E-state index contributed by atoms with van der Waals surface area (Å²) in [5.41, 5.74) is 6.32. The number of rotatable bonds is 12. The standard InChI is InChI=1S/C29H42N5O9P/c1-17(39-7)14-40-27(37)18(2)33-44(38,43-20-10-8-19(9-11-20)28(3,4)5)41-15-22-24(35)25(36)29(6,42-22)23-13-12-21-26(30)31-16-32-34(21)23/h8-13,16-18,22,24-25,35-36H,14-15H2,1-7H3,(H,33,38)(H2,30,31,32)/t17?,18-,22+,24+,25+,29-,44?/m0/s1. The molecule has 0 bridgehead atoms. The Balaban J connectivity index is 1.54. The molecule has 242 valence electrons. The Hall–Kier alpha value is -3.10. The van der Waals surface area contributed by atoms with Crippen LogP contribution in [0.5, 0.6) is 5.75 Å². The van der Waals surface area contributed by atoms with Gasteiger partial charge in [0.2, 0.25) is 0 Å². The van der Waals surface area contributed by atoms with E-state index in [0.29, 0.717) is 11.2 Å². The van der Waals surface area contributed by atoms with Gasteiger partial charge < -0.3 is 34.7 Å². The van der Waals surface area contributed by atoms with Crippen molar-refractivity contribution in [3.8, 4) is 5.75 Å². The average molecular weight is 636 g/mol. The van der Waals surface area contributed by atoms with Crippen LogP contribution >= 0.6 is 7.75 Å². The predicted molar refractivity (Wildman–Crippen MR) is 161 cm³/mol. The molecule has 2 unspecified atom stereocenters. The van der Waals surface area contributed by atoms with Crippen molar-refractivity contribution >= 4 is 25.1 Å². The summed E-state index contributed by atoms with van der Waals surface area (Å²) in [5, 5.41) is 28.9. The number of carbonyl (C=O) groups excluding carboxylic acids is 1. The van der Waals surface area contributed by atoms with Gasteiger partial charge in [-0.2, -0.15) is 10.2 Å². The van der Waals surface area contributed by atoms with Gasteiger partial charge in [-0.1, -0.05) is 32.9 Å². The largest absolute Gasteiger partial charge is 0.462 e. The predicted octanol–water partition coefficient (Wildman–Crippen LogP) is 2.70. The number of fused-ring (bicyclic) bond motifs is 1. The highest BCUT2D eigenvalue weighted by Gasteiger charge is 2.54. The van der Waals surface area contributed by atoms with Gasteiger partial charge in [0, 0.05) is 7.11 Å². The fourth-order valence-electron chi connectivity index (χ4n) is 4.75. The molecule has 7 atom stereocenters. The molecule has 0 aliphatic carbocycles. The molecule has 0 radical (unpaired) electrons. The fraction of sp³-hybridized carbons (Fsp3) is 0.552. The zero-order valence-electron chi connectivity index (χ0n) is 26.0. The Morgan fingerprint density at radius 1 is 1.20 bits per heavy atom. The maximum absolute atomic E-state index is 14.1. The summed E-state index contributed by atoms with van der Waals surface area (Å²) < 4.78 is 43.6. The number of nitrogens with zero attached hydrogens (tertiary/aromatic N) is 3. The quantitative estimate of drug-likeness (QED) is 0.168. The Morgan fingerprint density at radius 3 is 2.52 bits per heavy atom. The zero-order chi connectivity index (χ0) is 32.4. The molecule has 2 aromatic heterocycles. The number of nitrogens with two attached hydrogens (primary N) is 1. The summed E-state index contributed by atoms with van der Waals surface area (Å²) in [6, 6.07) is 9.20. The molecule has 1 saturated heterocycles. The number of hydrogen-bond acceptors (Lipinski definition) is 12. The molecule has 14 nitrogen and oxygen atoms in total. The van der Waals surface area contributed by atoms with Crippen molar-refractivity contribution in [3.63, 3.8) is 0 Å². The minimum atomic E-state index is -4.30. The first kappa shape index (κ1) is 33.8. The van der Waals surface area contributed by atoms with Crippen molar-refractivity contribution in [1.29, 1.82) is 0 Å². The highest BCUT2D eigenvalue weighted by molar-refractivity contribution is 7.52. The third-order valence-corrected chi connectivity index (χ3v) is 9.22. The summed E-state index contributed by atoms with van der Waals surface area (Å²) in [7, 11) is -2.81. The maximum atomic E-state index is 14.1. The molecule has 3 heterocycles. The van der Waals surface area contributed by atoms with Crippen LogP contribution in [0.4, 0.5) is 5.82 Å². The van der Waals surface area contributed by atoms with Crippen molar-refractivity contribution in [1.82, 2.24) is 19.7 Å². The van der Waals surface area contributed by atoms with Gasteiger partial charge in [-0.15, -0.1) is 0 Å². The SMILES string of the molecule is COC(C)COC(=O)[C@H](C)NP(=O)(OC[C@H]1O[C@@](C)(c2ccc3c(N)ncnn23)[C@H](O)[C@@H]1O)Oc1ccc(C(C)(C)C)cc1. The zero-order valence-corrected chi connectivity index (χ0v) is 26.9. The van der Waals surface area contributed by atoms with Gasteiger partial charge in [-0.05, 0) is 56.0 Å². The number of carbonyl (C=O) groups is 1. The van der Waals surface area contributed by atoms with Crippen LogP contribution in [0.1, 0.15) is 52.8 Å². The van der Waals surface area contributed by atoms with Crippen molar-refractivity contribution < 1.29 is 42.8 Å². The maximum Gasteiger partial charge on any atom is 0.459 e. The second-order valence-corrected chi connectivity index (χ2v) is 13.7. The van der Waals surface area contributed by atoms with Gasteiger partial charge in [0.05, 0.1) is 18.4 Å². The number of benzene rings is 1. The van der Waals surface area contributed by atoms with Gasteiger partial charge in [-0.3, -0.25) is 9.32 Å². The summed E-state index contributed by atoms with van der Waals surface area (Å²) in [6.07, 6.45) is -3.08. The Labute approximate surface area is 256 Å². The topological polar surface area (TPSA) is 189 Å². The molecular formula is C29H42N5O9P. The number of ether oxygens (including phenoxy) is 3. The van der Waals surface area contributed by atoms with Crippen LogP contribution in [0.3, 0.4) is 0 Å². The molecule has 0 spiro atoms. The van der Waals surface area contributed by atoms with Gasteiger partial charge in [0.25, 0.3) is 0 Å². The second-order valence-electron chi connectivity index (χ2n) is 12.0. The molecule has 0 amide bonds. The molecule has 1 aliphatic heterocycles. The van der Waals surface area contributed by atoms with E-state index in [0.717, 1.165) is 5.56 Å². The van der Waals surface area contributed by atoms with E-state index in [2.05, 4.69) is 35.9 Å². The normalized spacial score (nSPS) is 25.0. The first-order chi connectivity index (χ1) is 20.6. The lowest BCUT2D eigenvalue weighted by atomic mass is 9.87. The van der Waals surface area contributed by atoms with E-state index < -0.39 is 50.3 Å². The summed E-state index contributed by atoms with van der Waals surface area (Å²) in [5.74, 6) is -0.255. The van der Waals surface area contributed by atoms with E-state index in [4.69, 9.17) is 29.0 Å². The van der Waals surface area contributed by atoms with E-state index >= 15 is 0 Å². The Kier molecular flexibility index (Phi) is 10.1. The van der Waals surface area contributed by atoms with E-state index in [9.17, 15) is 19.6 Å². The monoisotopic (exact) mass is 635 g/mol. The van der Waals surface area contributed by atoms with Crippen molar-refractivity contribution in [3.05, 3.63) is 54.0 Å². The van der Waals surface area contributed by atoms with Crippen molar-refractivity contribution in [2.24, 2.45) is 0 Å². The second kappa shape index (κ2) is 13.1. The number of hydrogen-bond donors (Lipinski definition) is 4. The lowest BCUT2D eigenvalue weighted by Gasteiger charge is -2.27. The molecule has 1 fully saturated rings. The van der Waals surface area contributed by atoms with E-state index in [1.54, 1.807) is 38.1 Å². The van der Waals surface area contributed by atoms with Gasteiger partial charge in [0.1, 0.15) is 54.2 Å². The fourth-order valence-corrected chi connectivity index (χ4v) is 6.26. The minimum Gasteiger partial charge on any atom is -0.462 e. The van der Waals surface area contributed by atoms with Crippen LogP contribution in [0.15, 0.2) is 42.7 Å². The number of aliphatic hydroxyl groups is 2. The minimum absolute atomic E-state index is 0.00873. The summed E-state index contributed by atoms with van der Waals surface area (Å²) in [6.45, 7) is 10.5. The molecule has 5 N–H and O–H groups in total. The van der Waals surface area contributed by atoms with Crippen LogP contribution in [0.25, 0.3) is 5.52 Å². The first-order valence-electron chi connectivity index (χ1n) is 14.2. The summed E-state index contributed by atoms with van der Waals surface area (Å²) in [4.78, 5) is 16.6. The van der Waals surface area contributed by atoms with Crippen LogP contribution in [-0.4, -0.2) is 81.6 Å². The highest BCUT2D eigenvalue weighted by atomic mass is 31.2. The number of nitrogens with one attached hydrogen (secondary N) is 1. The lowest BCUT2D eigenvalue weighted by Crippen LogP contribution is -2.40. The Morgan fingerprint density at radius 2 is 1.89 bits per heavy atom. The third-order valence-electron chi connectivity index (χ3n) is 7.58. The molecule has 44 heavy (non-hydrogen) atoms. The van der Waals surface area contributed by atoms with Crippen molar-refractivity contribution in [2.45, 2.75) is 83.0 Å². The lowest BCUT2D eigenvalue weighted by molar-refractivity contribution is -0.148. The van der Waals surface area contributed by atoms with E-state index in [1.165, 1.54) is 24.9 Å². The van der Waals surface area contributed by atoms with Gasteiger partial charge in [-0.25, -0.2) is 14.1 Å². The molecular weight excluding hydrogens is 593 g/mol. The van der Waals surface area contributed by atoms with Gasteiger partial charge in [0.15, 0.2) is 5.82 Å². The number of esters is 1. The third kappa shape index (κ3) is 7.23. The summed E-state index contributed by atoms with van der Waals surface area (Å²) >= 11 is 0. The molecule has 15 heteroatoms. The highest BCUT2D eigenvalue weighted by Crippen LogP contribution is 2.47. The smallest absolute Gasteiger partial charge is 0.459 e. The molecule has 3 aromatic rings. The number of anilines is 1. The van der Waals surface area contributed by atoms with Crippen LogP contribution < -0.4 is 15.3 Å². The van der Waals surface area contributed by atoms with E-state index in [-0.39, 0.29) is 29.7 Å². The number of aromatic nitrogens is 3. The van der Waals surface area contributed by atoms with Gasteiger partial charge >= 0.3 is 13.7 Å². The first-order valence-corrected chi connectivity index (χ1v) is 15.8. The molecule has 0 saturated carbocycles. The van der Waals surface area contributed by atoms with Crippen LogP contribution in [0, 0.1) is 0 Å². The van der Waals surface area contributed by atoms with E-state index in [1.807, 2.05) is 12.1 Å². The average Bonchev–Trinajstić information content (AvgIpc) is 3.51.